The van der Waals surface area contributed by atoms with E-state index in [4.69, 9.17) is 5.73 Å². The van der Waals surface area contributed by atoms with Crippen molar-refractivity contribution in [3.63, 3.8) is 0 Å². The summed E-state index contributed by atoms with van der Waals surface area (Å²) < 4.78 is 0. The summed E-state index contributed by atoms with van der Waals surface area (Å²) in [6.45, 7) is 15.8. The Kier molecular flexibility index (Phi) is 15.3. The lowest BCUT2D eigenvalue weighted by molar-refractivity contribution is -0.144. The second kappa shape index (κ2) is 15.1. The van der Waals surface area contributed by atoms with Gasteiger partial charge in [-0.15, -0.1) is 0 Å². The summed E-state index contributed by atoms with van der Waals surface area (Å²) in [5.41, 5.74) is 6.27. The Morgan fingerprint density at radius 2 is 1.64 bits per heavy atom. The fourth-order valence-electron chi connectivity index (χ4n) is 2.79. The lowest BCUT2D eigenvalue weighted by atomic mass is 9.99. The third-order valence-corrected chi connectivity index (χ3v) is 4.36. The van der Waals surface area contributed by atoms with Crippen molar-refractivity contribution < 1.29 is 14.4 Å². The SMILES string of the molecule is C=C(C)C(CCC)NC(=O)C(C(C)C)N(C)C(=O)CN(C)C(=O)CCN.CC. The quantitative estimate of drug-likeness (QED) is 0.521. The largest absolute Gasteiger partial charge is 0.348 e. The summed E-state index contributed by atoms with van der Waals surface area (Å²) in [4.78, 5) is 39.9. The van der Waals surface area contributed by atoms with Gasteiger partial charge in [-0.3, -0.25) is 14.4 Å². The van der Waals surface area contributed by atoms with Gasteiger partial charge in [-0.1, -0.05) is 53.2 Å². The third-order valence-electron chi connectivity index (χ3n) is 4.36. The number of nitrogens with two attached hydrogens (primary N) is 1. The number of amides is 3. The number of nitrogens with zero attached hydrogens (tertiary/aromatic N) is 2. The van der Waals surface area contributed by atoms with Crippen LogP contribution in [-0.4, -0.2) is 66.8 Å². The number of hydrogen-bond donors (Lipinski definition) is 2. The van der Waals surface area contributed by atoms with E-state index >= 15 is 0 Å². The van der Waals surface area contributed by atoms with Crippen molar-refractivity contribution in [1.82, 2.24) is 15.1 Å². The predicted molar refractivity (Wildman–Crippen MR) is 116 cm³/mol. The zero-order chi connectivity index (χ0) is 22.4. The van der Waals surface area contributed by atoms with Crippen molar-refractivity contribution in [3.8, 4) is 0 Å². The van der Waals surface area contributed by atoms with Crippen molar-refractivity contribution in [2.45, 2.75) is 72.9 Å². The van der Waals surface area contributed by atoms with Crippen LogP contribution in [0.1, 0.15) is 60.8 Å². The van der Waals surface area contributed by atoms with Gasteiger partial charge in [0, 0.05) is 33.1 Å². The van der Waals surface area contributed by atoms with Gasteiger partial charge in [0.1, 0.15) is 6.04 Å². The number of carbonyl (C=O) groups is 3. The Morgan fingerprint density at radius 3 is 2.04 bits per heavy atom. The minimum absolute atomic E-state index is 0.0682. The maximum Gasteiger partial charge on any atom is 0.243 e. The Balaban J connectivity index is 0. The first kappa shape index (κ1) is 28.3. The van der Waals surface area contributed by atoms with Gasteiger partial charge in [-0.25, -0.2) is 0 Å². The lowest BCUT2D eigenvalue weighted by Crippen LogP contribution is -2.54. The van der Waals surface area contributed by atoms with E-state index in [-0.39, 0.29) is 49.2 Å². The van der Waals surface area contributed by atoms with Gasteiger partial charge < -0.3 is 20.9 Å². The first-order valence-corrected chi connectivity index (χ1v) is 10.2. The fraction of sp³-hybridized carbons (Fsp3) is 0.762. The van der Waals surface area contributed by atoms with E-state index in [9.17, 15) is 14.4 Å². The zero-order valence-corrected chi connectivity index (χ0v) is 19.2. The molecule has 0 aliphatic rings. The fourth-order valence-corrected chi connectivity index (χ4v) is 2.79. The van der Waals surface area contributed by atoms with E-state index < -0.39 is 6.04 Å². The standard InChI is InChI=1S/C19H36N4O3.C2H6/c1-8-9-15(13(2)3)21-19(26)18(14(4)5)23(7)17(25)12-22(6)16(24)10-11-20;1-2/h14-15,18H,2,8-12,20H2,1,3-7H3,(H,21,26);1-2H3. The van der Waals surface area contributed by atoms with Crippen molar-refractivity contribution in [2.75, 3.05) is 27.2 Å². The van der Waals surface area contributed by atoms with Crippen LogP contribution in [0.3, 0.4) is 0 Å². The van der Waals surface area contributed by atoms with Crippen LogP contribution in [0.4, 0.5) is 0 Å². The van der Waals surface area contributed by atoms with E-state index in [1.54, 1.807) is 14.1 Å². The number of hydrogen-bond acceptors (Lipinski definition) is 4. The molecule has 0 saturated carbocycles. The molecule has 2 unspecified atom stereocenters. The Morgan fingerprint density at radius 1 is 1.11 bits per heavy atom. The molecule has 28 heavy (non-hydrogen) atoms. The normalized spacial score (nSPS) is 12.4. The summed E-state index contributed by atoms with van der Waals surface area (Å²) in [6, 6.07) is -0.717. The summed E-state index contributed by atoms with van der Waals surface area (Å²) >= 11 is 0. The highest BCUT2D eigenvalue weighted by Gasteiger charge is 2.31. The molecule has 0 aromatic carbocycles. The molecule has 0 aliphatic heterocycles. The van der Waals surface area contributed by atoms with Crippen LogP contribution in [0.25, 0.3) is 0 Å². The monoisotopic (exact) mass is 398 g/mol. The number of carbonyl (C=O) groups excluding carboxylic acids is 3. The van der Waals surface area contributed by atoms with Gasteiger partial charge in [-0.05, 0) is 19.3 Å². The van der Waals surface area contributed by atoms with Gasteiger partial charge in [0.15, 0.2) is 0 Å². The molecule has 0 aliphatic carbocycles. The Labute approximate surface area is 171 Å². The van der Waals surface area contributed by atoms with Crippen molar-refractivity contribution in [1.29, 1.82) is 0 Å². The highest BCUT2D eigenvalue weighted by Crippen LogP contribution is 2.13. The smallest absolute Gasteiger partial charge is 0.243 e. The van der Waals surface area contributed by atoms with Crippen LogP contribution in [0.5, 0.6) is 0 Å². The minimum atomic E-state index is -0.612. The molecule has 0 bridgehead atoms. The average molecular weight is 399 g/mol. The van der Waals surface area contributed by atoms with Crippen molar-refractivity contribution >= 4 is 17.7 Å². The summed E-state index contributed by atoms with van der Waals surface area (Å²) in [6.07, 6.45) is 1.92. The van der Waals surface area contributed by atoms with Crippen LogP contribution >= 0.6 is 0 Å². The molecule has 7 heteroatoms. The second-order valence-electron chi connectivity index (χ2n) is 7.18. The number of rotatable bonds is 11. The number of likely N-dealkylation sites (N-methyl/N-ethyl adjacent to an activating group) is 2. The van der Waals surface area contributed by atoms with Gasteiger partial charge in [0.2, 0.25) is 17.7 Å². The molecule has 0 radical (unpaired) electrons. The first-order chi connectivity index (χ1) is 13.1. The third kappa shape index (κ3) is 9.88. The maximum atomic E-state index is 12.8. The van der Waals surface area contributed by atoms with Crippen LogP contribution < -0.4 is 11.1 Å². The van der Waals surface area contributed by atoms with Crippen LogP contribution in [-0.2, 0) is 14.4 Å². The van der Waals surface area contributed by atoms with Gasteiger partial charge in [-0.2, -0.15) is 0 Å². The molecule has 7 nitrogen and oxygen atoms in total. The van der Waals surface area contributed by atoms with Crippen molar-refractivity contribution in [3.05, 3.63) is 12.2 Å². The zero-order valence-electron chi connectivity index (χ0n) is 19.2. The van der Waals surface area contributed by atoms with Crippen LogP contribution in [0.2, 0.25) is 0 Å². The highest BCUT2D eigenvalue weighted by molar-refractivity contribution is 5.90. The molecule has 164 valence electrons. The first-order valence-electron chi connectivity index (χ1n) is 10.2. The average Bonchev–Trinajstić information content (AvgIpc) is 2.62. The van der Waals surface area contributed by atoms with Crippen molar-refractivity contribution in [2.24, 2.45) is 11.7 Å². The summed E-state index contributed by atoms with van der Waals surface area (Å²) in [5.74, 6) is -0.742. The molecule has 0 spiro atoms. The lowest BCUT2D eigenvalue weighted by Gasteiger charge is -2.33. The van der Waals surface area contributed by atoms with Gasteiger partial charge in [0.25, 0.3) is 0 Å². The molecular formula is C21H42N4O3. The maximum absolute atomic E-state index is 12.8. The second-order valence-corrected chi connectivity index (χ2v) is 7.18. The van der Waals surface area contributed by atoms with E-state index in [0.717, 1.165) is 18.4 Å². The predicted octanol–water partition coefficient (Wildman–Crippen LogP) is 2.16. The van der Waals surface area contributed by atoms with E-state index in [1.807, 2.05) is 41.5 Å². The van der Waals surface area contributed by atoms with Gasteiger partial charge >= 0.3 is 0 Å². The van der Waals surface area contributed by atoms with E-state index in [1.165, 1.54) is 9.80 Å². The Hall–Kier alpha value is -1.89. The van der Waals surface area contributed by atoms with E-state index in [0.29, 0.717) is 0 Å². The minimum Gasteiger partial charge on any atom is -0.348 e. The topological polar surface area (TPSA) is 95.7 Å². The summed E-state index contributed by atoms with van der Waals surface area (Å²) in [5, 5.41) is 3.00. The molecule has 0 saturated heterocycles. The Bertz CT molecular complexity index is 506. The molecule has 0 heterocycles. The van der Waals surface area contributed by atoms with Crippen LogP contribution in [0, 0.1) is 5.92 Å². The molecule has 0 rings (SSSR count). The highest BCUT2D eigenvalue weighted by atomic mass is 16.2. The molecular weight excluding hydrogens is 356 g/mol. The molecule has 0 aromatic rings. The molecule has 3 N–H and O–H groups in total. The molecule has 3 amide bonds. The van der Waals surface area contributed by atoms with Crippen LogP contribution in [0.15, 0.2) is 12.2 Å². The number of nitrogens with one attached hydrogen (secondary N) is 1. The molecule has 0 aromatic heterocycles. The molecule has 0 fully saturated rings. The summed E-state index contributed by atoms with van der Waals surface area (Å²) in [7, 11) is 3.16. The van der Waals surface area contributed by atoms with Gasteiger partial charge in [0.05, 0.1) is 6.54 Å². The van der Waals surface area contributed by atoms with E-state index in [2.05, 4.69) is 11.9 Å². The molecule has 2 atom stereocenters.